The molecule has 2 rings (SSSR count). The van der Waals surface area contributed by atoms with Gasteiger partial charge < -0.3 is 14.6 Å². The van der Waals surface area contributed by atoms with Crippen molar-refractivity contribution in [2.24, 2.45) is 7.05 Å². The van der Waals surface area contributed by atoms with Gasteiger partial charge in [-0.25, -0.2) is 0 Å². The Kier molecular flexibility index (Phi) is 3.76. The van der Waals surface area contributed by atoms with Gasteiger partial charge in [0, 0.05) is 7.05 Å². The van der Waals surface area contributed by atoms with E-state index in [1.165, 1.54) is 0 Å². The van der Waals surface area contributed by atoms with Crippen LogP contribution in [0.25, 0.3) is 0 Å². The van der Waals surface area contributed by atoms with Gasteiger partial charge >= 0.3 is 0 Å². The van der Waals surface area contributed by atoms with Crippen LogP contribution in [-0.2, 0) is 7.05 Å². The van der Waals surface area contributed by atoms with Gasteiger partial charge in [0.2, 0.25) is 0 Å². The zero-order valence-corrected chi connectivity index (χ0v) is 11.5. The number of aliphatic hydroxyl groups excluding tert-OH is 1. The molecule has 1 heterocycles. The van der Waals surface area contributed by atoms with E-state index in [-0.39, 0.29) is 0 Å². The molecule has 0 saturated heterocycles. The summed E-state index contributed by atoms with van der Waals surface area (Å²) in [6.45, 7) is 1.96. The molecule has 1 atom stereocenters. The number of ether oxygens (including phenoxy) is 2. The Hall–Kier alpha value is -2.01. The number of methoxy groups -OCH3 is 2. The van der Waals surface area contributed by atoms with Crippen LogP contribution >= 0.6 is 0 Å². The molecule has 5 heteroatoms. The lowest BCUT2D eigenvalue weighted by Crippen LogP contribution is -2.08. The first kappa shape index (κ1) is 13.4. The number of hydrogen-bond donors (Lipinski definition) is 1. The fraction of sp³-hybridized carbons (Fsp3) is 0.357. The third-order valence-corrected chi connectivity index (χ3v) is 3.18. The van der Waals surface area contributed by atoms with E-state index in [2.05, 4.69) is 5.10 Å². The Morgan fingerprint density at radius 2 is 1.89 bits per heavy atom. The summed E-state index contributed by atoms with van der Waals surface area (Å²) < 4.78 is 12.1. The van der Waals surface area contributed by atoms with Crippen LogP contribution in [-0.4, -0.2) is 29.1 Å². The monoisotopic (exact) mass is 262 g/mol. The lowest BCUT2D eigenvalue weighted by molar-refractivity contribution is 0.204. The van der Waals surface area contributed by atoms with Crippen molar-refractivity contribution in [2.75, 3.05) is 14.2 Å². The van der Waals surface area contributed by atoms with Crippen LogP contribution in [0.4, 0.5) is 0 Å². The Balaban J connectivity index is 2.43. The first-order valence-electron chi connectivity index (χ1n) is 5.97. The number of rotatable bonds is 4. The minimum atomic E-state index is -0.808. The molecule has 1 aromatic heterocycles. The summed E-state index contributed by atoms with van der Waals surface area (Å²) in [7, 11) is 4.94. The van der Waals surface area contributed by atoms with Crippen molar-refractivity contribution in [3.8, 4) is 11.5 Å². The smallest absolute Gasteiger partial charge is 0.162 e. The molecule has 19 heavy (non-hydrogen) atoms. The van der Waals surface area contributed by atoms with Gasteiger partial charge in [-0.2, -0.15) is 5.10 Å². The second-order valence-electron chi connectivity index (χ2n) is 4.35. The fourth-order valence-corrected chi connectivity index (χ4v) is 2.06. The molecule has 0 radical (unpaired) electrons. The molecule has 1 N–H and O–H groups in total. The summed E-state index contributed by atoms with van der Waals surface area (Å²) in [6.07, 6.45) is 0.779. The highest BCUT2D eigenvalue weighted by Crippen LogP contribution is 2.31. The van der Waals surface area contributed by atoms with Crippen molar-refractivity contribution in [2.45, 2.75) is 13.0 Å². The topological polar surface area (TPSA) is 56.5 Å². The molecule has 0 spiro atoms. The molecule has 0 fully saturated rings. The molecule has 0 saturated carbocycles. The summed E-state index contributed by atoms with van der Waals surface area (Å²) in [5, 5.41) is 14.6. The van der Waals surface area contributed by atoms with E-state index in [1.807, 2.05) is 25.1 Å². The number of aliphatic hydroxyl groups is 1. The highest BCUT2D eigenvalue weighted by Gasteiger charge is 2.20. The number of aryl methyl sites for hydroxylation is 2. The molecule has 1 unspecified atom stereocenters. The Bertz CT molecular complexity index is 578. The average molecular weight is 262 g/mol. The summed E-state index contributed by atoms with van der Waals surface area (Å²) in [5.41, 5.74) is 2.38. The first-order chi connectivity index (χ1) is 9.08. The van der Waals surface area contributed by atoms with Gasteiger partial charge in [-0.1, -0.05) is 12.1 Å². The van der Waals surface area contributed by atoms with E-state index < -0.39 is 6.10 Å². The third kappa shape index (κ3) is 2.42. The highest BCUT2D eigenvalue weighted by molar-refractivity contribution is 5.41. The minimum Gasteiger partial charge on any atom is -0.496 e. The molecule has 0 aliphatic rings. The SMILES string of the molecule is COc1cc(C(O)c2c(OC)cnn2C)ccc1C. The maximum atomic E-state index is 10.5. The van der Waals surface area contributed by atoms with Crippen molar-refractivity contribution >= 4 is 0 Å². The van der Waals surface area contributed by atoms with Crippen molar-refractivity contribution in [3.05, 3.63) is 41.2 Å². The van der Waals surface area contributed by atoms with Crippen LogP contribution in [0.5, 0.6) is 11.5 Å². The van der Waals surface area contributed by atoms with E-state index >= 15 is 0 Å². The lowest BCUT2D eigenvalue weighted by Gasteiger charge is -2.15. The van der Waals surface area contributed by atoms with Crippen LogP contribution < -0.4 is 9.47 Å². The van der Waals surface area contributed by atoms with Gasteiger partial charge in [-0.3, -0.25) is 4.68 Å². The standard InChI is InChI=1S/C14H18N2O3/c1-9-5-6-10(7-11(9)18-3)14(17)13-12(19-4)8-15-16(13)2/h5-8,14,17H,1-4H3. The van der Waals surface area contributed by atoms with Crippen LogP contribution in [0, 0.1) is 6.92 Å². The highest BCUT2D eigenvalue weighted by atomic mass is 16.5. The van der Waals surface area contributed by atoms with Crippen LogP contribution in [0.1, 0.15) is 22.9 Å². The molecule has 0 amide bonds. The van der Waals surface area contributed by atoms with E-state index in [4.69, 9.17) is 9.47 Å². The molecular formula is C14H18N2O3. The number of nitrogens with zero attached hydrogens (tertiary/aromatic N) is 2. The minimum absolute atomic E-state index is 0.564. The van der Waals surface area contributed by atoms with E-state index in [9.17, 15) is 5.11 Å². The molecule has 5 nitrogen and oxygen atoms in total. The maximum Gasteiger partial charge on any atom is 0.162 e. The van der Waals surface area contributed by atoms with Gasteiger partial charge in [0.15, 0.2) is 5.75 Å². The summed E-state index contributed by atoms with van der Waals surface area (Å²) in [4.78, 5) is 0. The molecular weight excluding hydrogens is 244 g/mol. The quantitative estimate of drug-likeness (QED) is 0.913. The lowest BCUT2D eigenvalue weighted by atomic mass is 10.0. The van der Waals surface area contributed by atoms with Crippen molar-refractivity contribution in [1.29, 1.82) is 0 Å². The second kappa shape index (κ2) is 5.32. The van der Waals surface area contributed by atoms with Gasteiger partial charge in [-0.15, -0.1) is 0 Å². The number of benzene rings is 1. The number of aromatic nitrogens is 2. The molecule has 1 aromatic carbocycles. The van der Waals surface area contributed by atoms with Crippen molar-refractivity contribution < 1.29 is 14.6 Å². The molecule has 0 aliphatic carbocycles. The van der Waals surface area contributed by atoms with Crippen LogP contribution in [0.2, 0.25) is 0 Å². The Morgan fingerprint density at radius 3 is 2.53 bits per heavy atom. The van der Waals surface area contributed by atoms with E-state index in [0.29, 0.717) is 11.4 Å². The molecule has 102 valence electrons. The normalized spacial score (nSPS) is 12.3. The average Bonchev–Trinajstić information content (AvgIpc) is 2.79. The predicted molar refractivity (Wildman–Crippen MR) is 71.6 cm³/mol. The summed E-state index contributed by atoms with van der Waals surface area (Å²) in [5.74, 6) is 1.31. The molecule has 0 aliphatic heterocycles. The molecule has 0 bridgehead atoms. The van der Waals surface area contributed by atoms with Crippen LogP contribution in [0.3, 0.4) is 0 Å². The van der Waals surface area contributed by atoms with Crippen molar-refractivity contribution in [1.82, 2.24) is 9.78 Å². The van der Waals surface area contributed by atoms with Gasteiger partial charge in [0.25, 0.3) is 0 Å². The summed E-state index contributed by atoms with van der Waals surface area (Å²) >= 11 is 0. The van der Waals surface area contributed by atoms with E-state index in [1.54, 1.807) is 32.1 Å². The summed E-state index contributed by atoms with van der Waals surface area (Å²) in [6, 6.07) is 5.61. The first-order valence-corrected chi connectivity index (χ1v) is 5.97. The predicted octanol–water partition coefficient (Wildman–Crippen LogP) is 1.83. The number of hydrogen-bond acceptors (Lipinski definition) is 4. The van der Waals surface area contributed by atoms with Crippen molar-refractivity contribution in [3.63, 3.8) is 0 Å². The largest absolute Gasteiger partial charge is 0.496 e. The van der Waals surface area contributed by atoms with Gasteiger partial charge in [0.05, 0.1) is 20.4 Å². The van der Waals surface area contributed by atoms with Gasteiger partial charge in [-0.05, 0) is 24.1 Å². The second-order valence-corrected chi connectivity index (χ2v) is 4.35. The van der Waals surface area contributed by atoms with E-state index in [0.717, 1.165) is 16.9 Å². The zero-order chi connectivity index (χ0) is 14.0. The maximum absolute atomic E-state index is 10.5. The third-order valence-electron chi connectivity index (χ3n) is 3.18. The Morgan fingerprint density at radius 1 is 1.21 bits per heavy atom. The molecule has 2 aromatic rings. The van der Waals surface area contributed by atoms with Gasteiger partial charge in [0.1, 0.15) is 17.5 Å². The fourth-order valence-electron chi connectivity index (χ4n) is 2.06. The van der Waals surface area contributed by atoms with Crippen LogP contribution in [0.15, 0.2) is 24.4 Å². The zero-order valence-electron chi connectivity index (χ0n) is 11.5. The Labute approximate surface area is 112 Å².